The lowest BCUT2D eigenvalue weighted by molar-refractivity contribution is -0.145. The first kappa shape index (κ1) is 16.4. The van der Waals surface area contributed by atoms with Crippen molar-refractivity contribution in [3.05, 3.63) is 0 Å². The molecule has 5 aliphatic carbocycles. The predicted octanol–water partition coefficient (Wildman–Crippen LogP) is 3.01. The van der Waals surface area contributed by atoms with Gasteiger partial charge in [0.15, 0.2) is 0 Å². The van der Waals surface area contributed by atoms with Crippen LogP contribution in [-0.2, 0) is 9.59 Å². The minimum Gasteiger partial charge on any atom is -0.354 e. The molecule has 4 bridgehead atoms. The Kier molecular flexibility index (Phi) is 4.34. The molecule has 0 radical (unpaired) electrons. The molecule has 24 heavy (non-hydrogen) atoms. The summed E-state index contributed by atoms with van der Waals surface area (Å²) in [6.07, 6.45) is 11.3. The largest absolute Gasteiger partial charge is 0.354 e. The molecule has 0 spiro atoms. The smallest absolute Gasteiger partial charge is 0.245 e. The fourth-order valence-electron chi connectivity index (χ4n) is 6.57. The van der Waals surface area contributed by atoms with Crippen LogP contribution >= 0.6 is 0 Å². The Morgan fingerprint density at radius 2 is 1.50 bits per heavy atom. The first-order valence-electron chi connectivity index (χ1n) is 10.2. The minimum absolute atomic E-state index is 0.0434. The second kappa shape index (κ2) is 6.34. The van der Waals surface area contributed by atoms with Crippen molar-refractivity contribution in [2.24, 2.45) is 29.6 Å². The molecular weight excluding hydrogens is 300 g/mol. The van der Waals surface area contributed by atoms with Gasteiger partial charge in [-0.2, -0.15) is 0 Å². The molecular formula is C20H32N2O2. The first-order chi connectivity index (χ1) is 11.6. The summed E-state index contributed by atoms with van der Waals surface area (Å²) in [5.74, 6) is 3.32. The molecule has 4 heteroatoms. The molecule has 0 aromatic carbocycles. The van der Waals surface area contributed by atoms with Crippen LogP contribution in [0, 0.1) is 29.6 Å². The molecule has 4 nitrogen and oxygen atoms in total. The third-order valence-electron chi connectivity index (χ3n) is 7.37. The van der Waals surface area contributed by atoms with Gasteiger partial charge in [-0.05, 0) is 75.5 Å². The SMILES string of the molecule is CCNC(=O)C1(NC(=O)C2C3CC4CC(C3)CC2C4)CCCCC1. The van der Waals surface area contributed by atoms with E-state index in [1.807, 2.05) is 6.92 Å². The van der Waals surface area contributed by atoms with Crippen LogP contribution in [0.1, 0.15) is 71.1 Å². The topological polar surface area (TPSA) is 58.2 Å². The average molecular weight is 332 g/mol. The highest BCUT2D eigenvalue weighted by Crippen LogP contribution is 2.56. The molecule has 2 N–H and O–H groups in total. The van der Waals surface area contributed by atoms with E-state index in [0.717, 1.165) is 37.5 Å². The molecule has 0 heterocycles. The maximum Gasteiger partial charge on any atom is 0.245 e. The van der Waals surface area contributed by atoms with Crippen LogP contribution in [-0.4, -0.2) is 23.9 Å². The van der Waals surface area contributed by atoms with Crippen LogP contribution in [0.15, 0.2) is 0 Å². The number of amides is 2. The Morgan fingerprint density at radius 3 is 2.04 bits per heavy atom. The Bertz CT molecular complexity index is 482. The zero-order chi connectivity index (χ0) is 16.7. The zero-order valence-electron chi connectivity index (χ0n) is 15.0. The van der Waals surface area contributed by atoms with Crippen molar-refractivity contribution in [3.8, 4) is 0 Å². The normalized spacial score (nSPS) is 39.5. The Hall–Kier alpha value is -1.06. The van der Waals surface area contributed by atoms with Crippen molar-refractivity contribution in [3.63, 3.8) is 0 Å². The van der Waals surface area contributed by atoms with Gasteiger partial charge < -0.3 is 10.6 Å². The van der Waals surface area contributed by atoms with E-state index in [2.05, 4.69) is 10.6 Å². The third-order valence-corrected chi connectivity index (χ3v) is 7.37. The summed E-state index contributed by atoms with van der Waals surface area (Å²) in [5.41, 5.74) is -0.639. The van der Waals surface area contributed by atoms with Gasteiger partial charge in [0.25, 0.3) is 0 Å². The lowest BCUT2D eigenvalue weighted by Gasteiger charge is -2.54. The summed E-state index contributed by atoms with van der Waals surface area (Å²) >= 11 is 0. The molecule has 134 valence electrons. The summed E-state index contributed by atoms with van der Waals surface area (Å²) in [6.45, 7) is 2.59. The van der Waals surface area contributed by atoms with E-state index < -0.39 is 5.54 Å². The molecule has 5 aliphatic rings. The fourth-order valence-corrected chi connectivity index (χ4v) is 6.57. The quantitative estimate of drug-likeness (QED) is 0.831. The summed E-state index contributed by atoms with van der Waals surface area (Å²) in [7, 11) is 0. The van der Waals surface area contributed by atoms with Crippen molar-refractivity contribution in [1.29, 1.82) is 0 Å². The van der Waals surface area contributed by atoms with E-state index >= 15 is 0 Å². The lowest BCUT2D eigenvalue weighted by Crippen LogP contribution is -2.62. The summed E-state index contributed by atoms with van der Waals surface area (Å²) < 4.78 is 0. The second-order valence-corrected chi connectivity index (χ2v) is 8.95. The van der Waals surface area contributed by atoms with E-state index in [1.165, 1.54) is 38.5 Å². The lowest BCUT2D eigenvalue weighted by atomic mass is 9.51. The van der Waals surface area contributed by atoms with Crippen molar-refractivity contribution < 1.29 is 9.59 Å². The van der Waals surface area contributed by atoms with Crippen molar-refractivity contribution in [2.75, 3.05) is 6.54 Å². The number of nitrogens with one attached hydrogen (secondary N) is 2. The third kappa shape index (κ3) is 2.76. The molecule has 5 rings (SSSR count). The highest BCUT2D eigenvalue weighted by molar-refractivity contribution is 5.92. The van der Waals surface area contributed by atoms with E-state index in [4.69, 9.17) is 0 Å². The van der Waals surface area contributed by atoms with Gasteiger partial charge >= 0.3 is 0 Å². The van der Waals surface area contributed by atoms with E-state index in [-0.39, 0.29) is 17.7 Å². The number of hydrogen-bond donors (Lipinski definition) is 2. The van der Waals surface area contributed by atoms with Gasteiger partial charge in [-0.15, -0.1) is 0 Å². The Labute approximate surface area is 145 Å². The molecule has 0 unspecified atom stereocenters. The van der Waals surface area contributed by atoms with Gasteiger partial charge in [0, 0.05) is 12.5 Å². The van der Waals surface area contributed by atoms with Gasteiger partial charge in [-0.25, -0.2) is 0 Å². The van der Waals surface area contributed by atoms with E-state index in [0.29, 0.717) is 18.4 Å². The van der Waals surface area contributed by atoms with E-state index in [1.54, 1.807) is 0 Å². The van der Waals surface area contributed by atoms with Crippen LogP contribution in [0.3, 0.4) is 0 Å². The standard InChI is InChI=1S/C20H32N2O2/c1-2-21-19(24)20(6-4-3-5-7-20)22-18(23)17-15-9-13-8-14(11-15)12-16(17)10-13/h13-17H,2-12H2,1H3,(H,21,24)(H,22,23). The molecule has 0 aliphatic heterocycles. The molecule has 2 amide bonds. The number of carbonyl (C=O) groups excluding carboxylic acids is 2. The van der Waals surface area contributed by atoms with Crippen LogP contribution in [0.5, 0.6) is 0 Å². The Morgan fingerprint density at radius 1 is 0.917 bits per heavy atom. The van der Waals surface area contributed by atoms with Crippen LogP contribution in [0.4, 0.5) is 0 Å². The predicted molar refractivity (Wildman–Crippen MR) is 93.2 cm³/mol. The fraction of sp³-hybridized carbons (Fsp3) is 0.900. The van der Waals surface area contributed by atoms with Gasteiger partial charge in [0.05, 0.1) is 0 Å². The first-order valence-corrected chi connectivity index (χ1v) is 10.2. The van der Waals surface area contributed by atoms with Crippen LogP contribution in [0.2, 0.25) is 0 Å². The Balaban J connectivity index is 1.50. The van der Waals surface area contributed by atoms with Crippen LogP contribution in [0.25, 0.3) is 0 Å². The number of likely N-dealkylation sites (N-methyl/N-ethyl adjacent to an activating group) is 1. The number of rotatable bonds is 4. The van der Waals surface area contributed by atoms with E-state index in [9.17, 15) is 9.59 Å². The molecule has 0 aromatic heterocycles. The summed E-state index contributed by atoms with van der Waals surface area (Å²) in [5, 5.41) is 6.27. The number of hydrogen-bond acceptors (Lipinski definition) is 2. The maximum absolute atomic E-state index is 13.2. The van der Waals surface area contributed by atoms with Crippen molar-refractivity contribution >= 4 is 11.8 Å². The molecule has 0 atom stereocenters. The number of carbonyl (C=O) groups is 2. The van der Waals surface area contributed by atoms with Crippen molar-refractivity contribution in [2.45, 2.75) is 76.7 Å². The van der Waals surface area contributed by atoms with Gasteiger partial charge in [-0.1, -0.05) is 19.3 Å². The van der Waals surface area contributed by atoms with Crippen LogP contribution < -0.4 is 10.6 Å². The van der Waals surface area contributed by atoms with Gasteiger partial charge in [-0.3, -0.25) is 9.59 Å². The molecule has 5 saturated carbocycles. The second-order valence-electron chi connectivity index (χ2n) is 8.95. The highest BCUT2D eigenvalue weighted by atomic mass is 16.2. The monoisotopic (exact) mass is 332 g/mol. The summed E-state index contributed by atoms with van der Waals surface area (Å²) in [4.78, 5) is 25.9. The average Bonchev–Trinajstić information content (AvgIpc) is 2.55. The highest BCUT2D eigenvalue weighted by Gasteiger charge is 2.52. The molecule has 0 saturated heterocycles. The van der Waals surface area contributed by atoms with Gasteiger partial charge in [0.1, 0.15) is 5.54 Å². The van der Waals surface area contributed by atoms with Gasteiger partial charge in [0.2, 0.25) is 11.8 Å². The molecule has 0 aromatic rings. The summed E-state index contributed by atoms with van der Waals surface area (Å²) in [6, 6.07) is 0. The van der Waals surface area contributed by atoms with Crippen molar-refractivity contribution in [1.82, 2.24) is 10.6 Å². The molecule has 5 fully saturated rings. The zero-order valence-corrected chi connectivity index (χ0v) is 15.0. The minimum atomic E-state index is -0.639. The maximum atomic E-state index is 13.2.